The number of hydrogen-bond acceptors (Lipinski definition) is 4. The fraction of sp³-hybridized carbons (Fsp3) is 0.737. The van der Waals surface area contributed by atoms with Crippen molar-refractivity contribution in [3.8, 4) is 0 Å². The molecule has 0 N–H and O–H groups in total. The van der Waals surface area contributed by atoms with E-state index in [1.54, 1.807) is 0 Å². The highest BCUT2D eigenvalue weighted by Crippen LogP contribution is 2.36. The zero-order valence-corrected chi connectivity index (χ0v) is 16.0. The summed E-state index contributed by atoms with van der Waals surface area (Å²) in [6.07, 6.45) is 9.70. The molecule has 0 aromatic carbocycles. The Hall–Kier alpha value is -1.34. The molecule has 6 nitrogen and oxygen atoms in total. The van der Waals surface area contributed by atoms with Gasteiger partial charge >= 0.3 is 0 Å². The molecule has 1 aromatic heterocycles. The summed E-state index contributed by atoms with van der Waals surface area (Å²) in [5.41, 5.74) is 0. The molecule has 1 saturated carbocycles. The fourth-order valence-corrected chi connectivity index (χ4v) is 6.25. The number of hydrogen-bond donors (Lipinski definition) is 0. The van der Waals surface area contributed by atoms with Crippen molar-refractivity contribution < 1.29 is 17.6 Å². The SMILES string of the molecule is O=C(c1ccc(S(=O)(=O)N2CCCCC2)o1)N1CCC[C@@H]2CCCC[C@@H]21. The lowest BCUT2D eigenvalue weighted by atomic mass is 9.78. The highest BCUT2D eigenvalue weighted by molar-refractivity contribution is 7.89. The highest BCUT2D eigenvalue weighted by atomic mass is 32.2. The number of sulfonamides is 1. The first-order chi connectivity index (χ1) is 12.6. The molecule has 0 radical (unpaired) electrons. The van der Waals surface area contributed by atoms with Crippen LogP contribution in [0.3, 0.4) is 0 Å². The first kappa shape index (κ1) is 18.0. The average molecular weight is 381 g/mol. The maximum Gasteiger partial charge on any atom is 0.289 e. The molecule has 0 unspecified atom stereocenters. The summed E-state index contributed by atoms with van der Waals surface area (Å²) in [4.78, 5) is 14.9. The quantitative estimate of drug-likeness (QED) is 0.807. The molecule has 144 valence electrons. The summed E-state index contributed by atoms with van der Waals surface area (Å²) in [7, 11) is -3.63. The van der Waals surface area contributed by atoms with Gasteiger partial charge < -0.3 is 9.32 Å². The maximum absolute atomic E-state index is 13.0. The number of nitrogens with zero attached hydrogens (tertiary/aromatic N) is 2. The first-order valence-electron chi connectivity index (χ1n) is 9.98. The highest BCUT2D eigenvalue weighted by Gasteiger charge is 2.37. The van der Waals surface area contributed by atoms with Gasteiger partial charge in [-0.25, -0.2) is 8.42 Å². The molecule has 2 saturated heterocycles. The lowest BCUT2D eigenvalue weighted by molar-refractivity contribution is 0.0357. The van der Waals surface area contributed by atoms with Gasteiger partial charge in [0, 0.05) is 25.7 Å². The Labute approximate surface area is 155 Å². The molecular formula is C19H28N2O4S. The van der Waals surface area contributed by atoms with Crippen molar-refractivity contribution in [2.75, 3.05) is 19.6 Å². The number of amides is 1. The van der Waals surface area contributed by atoms with Crippen molar-refractivity contribution in [1.82, 2.24) is 9.21 Å². The lowest BCUT2D eigenvalue weighted by Gasteiger charge is -2.43. The van der Waals surface area contributed by atoms with Crippen molar-refractivity contribution in [3.05, 3.63) is 17.9 Å². The molecule has 1 aliphatic carbocycles. The van der Waals surface area contributed by atoms with Crippen LogP contribution in [0.1, 0.15) is 68.3 Å². The van der Waals surface area contributed by atoms with Gasteiger partial charge in [0.05, 0.1) is 0 Å². The predicted molar refractivity (Wildman–Crippen MR) is 97.3 cm³/mol. The molecule has 2 aliphatic heterocycles. The van der Waals surface area contributed by atoms with Gasteiger partial charge in [0.15, 0.2) is 5.76 Å². The summed E-state index contributed by atoms with van der Waals surface area (Å²) in [5.74, 6) is 0.599. The van der Waals surface area contributed by atoms with Crippen molar-refractivity contribution in [1.29, 1.82) is 0 Å². The molecular weight excluding hydrogens is 352 g/mol. The van der Waals surface area contributed by atoms with E-state index >= 15 is 0 Å². The molecule has 7 heteroatoms. The number of likely N-dealkylation sites (tertiary alicyclic amines) is 1. The number of rotatable bonds is 3. The maximum atomic E-state index is 13.0. The van der Waals surface area contributed by atoms with Crippen LogP contribution < -0.4 is 0 Å². The topological polar surface area (TPSA) is 70.8 Å². The molecule has 2 atom stereocenters. The van der Waals surface area contributed by atoms with Gasteiger partial charge in [0.1, 0.15) is 0 Å². The Balaban J connectivity index is 1.52. The van der Waals surface area contributed by atoms with Crippen LogP contribution in [0.25, 0.3) is 0 Å². The lowest BCUT2D eigenvalue weighted by Crippen LogP contribution is -2.49. The van der Waals surface area contributed by atoms with E-state index in [0.29, 0.717) is 19.0 Å². The van der Waals surface area contributed by atoms with Gasteiger partial charge in [-0.3, -0.25) is 4.79 Å². The zero-order valence-electron chi connectivity index (χ0n) is 15.2. The van der Waals surface area contributed by atoms with Crippen molar-refractivity contribution in [2.45, 2.75) is 68.9 Å². The molecule has 0 spiro atoms. The Morgan fingerprint density at radius 2 is 1.65 bits per heavy atom. The summed E-state index contributed by atoms with van der Waals surface area (Å²) < 4.78 is 32.5. The van der Waals surface area contributed by atoms with Crippen LogP contribution >= 0.6 is 0 Å². The van der Waals surface area contributed by atoms with E-state index in [1.165, 1.54) is 35.7 Å². The standard InChI is InChI=1S/C19H28N2O4S/c22-19(21-14-6-8-15-7-2-3-9-16(15)21)17-10-11-18(25-17)26(23,24)20-12-4-1-5-13-20/h10-11,15-16H,1-9,12-14H2/t15-,16-/m0/s1. The van der Waals surface area contributed by atoms with Crippen molar-refractivity contribution in [2.24, 2.45) is 5.92 Å². The number of carbonyl (C=O) groups excluding carboxylic acids is 1. The molecule has 3 fully saturated rings. The molecule has 3 heterocycles. The zero-order chi connectivity index (χ0) is 18.1. The fourth-order valence-electron chi connectivity index (χ4n) is 4.82. The third kappa shape index (κ3) is 3.31. The first-order valence-corrected chi connectivity index (χ1v) is 11.4. The van der Waals surface area contributed by atoms with Crippen molar-refractivity contribution in [3.63, 3.8) is 0 Å². The molecule has 3 aliphatic rings. The van der Waals surface area contributed by atoms with E-state index in [9.17, 15) is 13.2 Å². The normalized spacial score (nSPS) is 27.9. The van der Waals surface area contributed by atoms with Crippen LogP contribution in [-0.2, 0) is 10.0 Å². The molecule has 1 aromatic rings. The Morgan fingerprint density at radius 3 is 2.46 bits per heavy atom. The Morgan fingerprint density at radius 1 is 0.923 bits per heavy atom. The van der Waals surface area contributed by atoms with Crippen LogP contribution in [-0.4, -0.2) is 49.2 Å². The largest absolute Gasteiger partial charge is 0.438 e. The van der Waals surface area contributed by atoms with E-state index in [4.69, 9.17) is 4.42 Å². The Kier molecular flexibility index (Phi) is 5.10. The number of furan rings is 1. The summed E-state index contributed by atoms with van der Waals surface area (Å²) in [6, 6.07) is 3.27. The predicted octanol–water partition coefficient (Wildman–Crippen LogP) is 3.25. The van der Waals surface area contributed by atoms with Crippen LogP contribution in [0.5, 0.6) is 0 Å². The summed E-state index contributed by atoms with van der Waals surface area (Å²) in [6.45, 7) is 1.80. The average Bonchev–Trinajstić information content (AvgIpc) is 3.19. The van der Waals surface area contributed by atoms with Gasteiger partial charge in [-0.05, 0) is 56.6 Å². The monoisotopic (exact) mass is 380 g/mol. The third-order valence-electron chi connectivity index (χ3n) is 6.21. The van der Waals surface area contributed by atoms with Gasteiger partial charge in [0.25, 0.3) is 15.9 Å². The van der Waals surface area contributed by atoms with Gasteiger partial charge in [-0.1, -0.05) is 19.3 Å². The molecule has 4 rings (SSSR count). The van der Waals surface area contributed by atoms with E-state index < -0.39 is 10.0 Å². The van der Waals surface area contributed by atoms with Gasteiger partial charge in [-0.15, -0.1) is 0 Å². The molecule has 26 heavy (non-hydrogen) atoms. The second-order valence-electron chi connectivity index (χ2n) is 7.84. The number of piperidine rings is 2. The van der Waals surface area contributed by atoms with Crippen LogP contribution in [0.4, 0.5) is 0 Å². The van der Waals surface area contributed by atoms with Gasteiger partial charge in [0.2, 0.25) is 5.09 Å². The Bertz CT molecular complexity index is 749. The number of carbonyl (C=O) groups is 1. The van der Waals surface area contributed by atoms with Crippen LogP contribution in [0.15, 0.2) is 21.6 Å². The third-order valence-corrected chi connectivity index (χ3v) is 7.98. The van der Waals surface area contributed by atoms with Crippen LogP contribution in [0.2, 0.25) is 0 Å². The molecule has 1 amide bonds. The second-order valence-corrected chi connectivity index (χ2v) is 9.70. The summed E-state index contributed by atoms with van der Waals surface area (Å²) in [5, 5.41) is -0.0973. The van der Waals surface area contributed by atoms with E-state index in [-0.39, 0.29) is 22.8 Å². The summed E-state index contributed by atoms with van der Waals surface area (Å²) >= 11 is 0. The minimum Gasteiger partial charge on any atom is -0.438 e. The smallest absolute Gasteiger partial charge is 0.289 e. The minimum absolute atomic E-state index is 0.0973. The van der Waals surface area contributed by atoms with Crippen molar-refractivity contribution >= 4 is 15.9 Å². The van der Waals surface area contributed by atoms with Gasteiger partial charge in [-0.2, -0.15) is 4.31 Å². The van der Waals surface area contributed by atoms with E-state index in [1.807, 2.05) is 4.90 Å². The van der Waals surface area contributed by atoms with E-state index in [2.05, 4.69) is 0 Å². The van der Waals surface area contributed by atoms with E-state index in [0.717, 1.165) is 45.1 Å². The minimum atomic E-state index is -3.63. The second kappa shape index (κ2) is 7.35. The number of fused-ring (bicyclic) bond motifs is 1. The van der Waals surface area contributed by atoms with Crippen LogP contribution in [0, 0.1) is 5.92 Å². The molecule has 0 bridgehead atoms.